The highest BCUT2D eigenvalue weighted by Gasteiger charge is 2.10. The summed E-state index contributed by atoms with van der Waals surface area (Å²) in [6, 6.07) is 19.0. The molecule has 1 atom stereocenters. The van der Waals surface area contributed by atoms with E-state index in [4.69, 9.17) is 21.6 Å². The van der Waals surface area contributed by atoms with Crippen molar-refractivity contribution in [3.05, 3.63) is 65.2 Å². The molecule has 106 valence electrons. The molecule has 2 aromatic carbocycles. The number of oxime groups is 1. The third-order valence-corrected chi connectivity index (χ3v) is 2.91. The molecule has 0 bridgehead atoms. The molecule has 0 fully saturated rings. The van der Waals surface area contributed by atoms with Crippen LogP contribution < -0.4 is 4.74 Å². The molecule has 21 heavy (non-hydrogen) atoms. The van der Waals surface area contributed by atoms with Crippen molar-refractivity contribution in [1.82, 2.24) is 0 Å². The topological polar surface area (TPSA) is 57.9 Å². The largest absolute Gasteiger partial charge is 0.492 e. The van der Waals surface area contributed by atoms with Crippen LogP contribution in [0.5, 0.6) is 5.75 Å². The molecule has 3 rings (SSSR count). The zero-order valence-corrected chi connectivity index (χ0v) is 11.9. The monoisotopic (exact) mass is 300 g/mol. The van der Waals surface area contributed by atoms with Gasteiger partial charge in [-0.1, -0.05) is 48.0 Å². The minimum absolute atomic E-state index is 0.273. The first-order valence-corrected chi connectivity index (χ1v) is 6.68. The smallest absolute Gasteiger partial charge is 0.249 e. The van der Waals surface area contributed by atoms with Crippen molar-refractivity contribution >= 4 is 18.0 Å². The average Bonchev–Trinajstić information content (AvgIpc) is 3.38. The third kappa shape index (κ3) is 5.55. The number of benzene rings is 2. The molecule has 1 aliphatic rings. The fourth-order valence-electron chi connectivity index (χ4n) is 1.63. The summed E-state index contributed by atoms with van der Waals surface area (Å²) in [7, 11) is 0. The van der Waals surface area contributed by atoms with Crippen LogP contribution in [0.25, 0.3) is 0 Å². The Bertz CT molecular complexity index is 634. The number of rotatable bonds is 4. The molecule has 5 heteroatoms. The maximum absolute atomic E-state index is 9.16. The van der Waals surface area contributed by atoms with Crippen molar-refractivity contribution in [3.8, 4) is 11.8 Å². The summed E-state index contributed by atoms with van der Waals surface area (Å²) >= 11 is 5.87. The van der Waals surface area contributed by atoms with Gasteiger partial charge in [-0.25, -0.2) is 0 Å². The average molecular weight is 301 g/mol. The Morgan fingerprint density at radius 2 is 1.90 bits per heavy atom. The Labute approximate surface area is 128 Å². The highest BCUT2D eigenvalue weighted by atomic mass is 35.5. The van der Waals surface area contributed by atoms with Gasteiger partial charge in [-0.15, -0.1) is 0 Å². The van der Waals surface area contributed by atoms with Gasteiger partial charge in [0, 0.05) is 5.02 Å². The van der Waals surface area contributed by atoms with E-state index < -0.39 is 0 Å². The Kier molecular flexibility index (Phi) is 5.62. The summed E-state index contributed by atoms with van der Waals surface area (Å²) in [5.74, 6) is 0.406. The van der Waals surface area contributed by atoms with Gasteiger partial charge in [0.15, 0.2) is 0 Å². The van der Waals surface area contributed by atoms with Crippen molar-refractivity contribution in [1.29, 1.82) is 5.26 Å². The van der Waals surface area contributed by atoms with Crippen molar-refractivity contribution < 1.29 is 9.57 Å². The van der Waals surface area contributed by atoms with Gasteiger partial charge < -0.3 is 9.57 Å². The van der Waals surface area contributed by atoms with Crippen molar-refractivity contribution in [2.24, 2.45) is 5.16 Å². The van der Waals surface area contributed by atoms with E-state index >= 15 is 0 Å². The van der Waals surface area contributed by atoms with E-state index in [-0.39, 0.29) is 5.92 Å². The molecule has 0 N–H and O–H groups in total. The summed E-state index contributed by atoms with van der Waals surface area (Å²) in [5.41, 5.74) is 0.960. The Balaban J connectivity index is 0.000000477. The molecule has 0 saturated carbocycles. The Morgan fingerprint density at radius 3 is 2.48 bits per heavy atom. The van der Waals surface area contributed by atoms with Crippen LogP contribution in [0.2, 0.25) is 5.02 Å². The second-order valence-electron chi connectivity index (χ2n) is 4.18. The zero-order chi connectivity index (χ0) is 14.9. The van der Waals surface area contributed by atoms with Crippen LogP contribution in [-0.4, -0.2) is 13.0 Å². The van der Waals surface area contributed by atoms with E-state index in [0.717, 1.165) is 5.56 Å². The molecule has 0 radical (unpaired) electrons. The van der Waals surface area contributed by atoms with E-state index in [2.05, 4.69) is 16.1 Å². The summed E-state index contributed by atoms with van der Waals surface area (Å²) in [5, 5.41) is 12.9. The van der Waals surface area contributed by atoms with Gasteiger partial charge in [0.2, 0.25) is 6.40 Å². The van der Waals surface area contributed by atoms with Crippen LogP contribution in [-0.2, 0) is 4.84 Å². The summed E-state index contributed by atoms with van der Waals surface area (Å²) in [4.78, 5) is 4.00. The van der Waals surface area contributed by atoms with Gasteiger partial charge >= 0.3 is 0 Å². The van der Waals surface area contributed by atoms with Gasteiger partial charge in [0.1, 0.15) is 18.3 Å². The lowest BCUT2D eigenvalue weighted by atomic mass is 10.0. The second-order valence-corrected chi connectivity index (χ2v) is 4.61. The fraction of sp³-hybridized carbons (Fsp3) is 0.125. The SMILES string of the molecule is C1=NO1.N#CC(COc1cccc(Cl)c1)c1ccccc1. The molecule has 0 aromatic heterocycles. The minimum atomic E-state index is -0.273. The first-order chi connectivity index (χ1) is 10.3. The molecular weight excluding hydrogens is 288 g/mol. The van der Waals surface area contributed by atoms with Gasteiger partial charge in [0.05, 0.1) is 6.07 Å². The first kappa shape index (κ1) is 14.9. The van der Waals surface area contributed by atoms with E-state index in [9.17, 15) is 0 Å². The van der Waals surface area contributed by atoms with E-state index in [0.29, 0.717) is 17.4 Å². The third-order valence-electron chi connectivity index (χ3n) is 2.68. The zero-order valence-electron chi connectivity index (χ0n) is 11.1. The van der Waals surface area contributed by atoms with Crippen LogP contribution in [0, 0.1) is 11.3 Å². The standard InChI is InChI=1S/C15H12ClNO.CHNO/c16-14-7-4-8-15(9-14)18-11-13(10-17)12-5-2-1-3-6-12;1-2-3-1/h1-9,13H,11H2;1H. The van der Waals surface area contributed by atoms with Crippen molar-refractivity contribution in [2.75, 3.05) is 6.61 Å². The minimum Gasteiger partial charge on any atom is -0.492 e. The van der Waals surface area contributed by atoms with E-state index in [1.165, 1.54) is 6.40 Å². The predicted molar refractivity (Wildman–Crippen MR) is 81.3 cm³/mol. The van der Waals surface area contributed by atoms with E-state index in [1.807, 2.05) is 42.5 Å². The number of nitriles is 1. The highest BCUT2D eigenvalue weighted by Crippen LogP contribution is 2.20. The maximum atomic E-state index is 9.16. The van der Waals surface area contributed by atoms with Gasteiger partial charge in [-0.2, -0.15) is 5.26 Å². The molecule has 2 aromatic rings. The lowest BCUT2D eigenvalue weighted by molar-refractivity contribution is 0.308. The number of halogens is 1. The lowest BCUT2D eigenvalue weighted by Gasteiger charge is -2.11. The van der Waals surface area contributed by atoms with Crippen LogP contribution in [0.15, 0.2) is 59.8 Å². The van der Waals surface area contributed by atoms with Gasteiger partial charge in [-0.3, -0.25) is 0 Å². The Hall–Kier alpha value is -2.51. The normalized spacial score (nSPS) is 12.2. The van der Waals surface area contributed by atoms with Gasteiger partial charge in [0.25, 0.3) is 0 Å². The predicted octanol–water partition coefficient (Wildman–Crippen LogP) is 3.99. The van der Waals surface area contributed by atoms with Crippen LogP contribution in [0.1, 0.15) is 11.5 Å². The molecule has 0 saturated heterocycles. The maximum Gasteiger partial charge on any atom is 0.249 e. The van der Waals surface area contributed by atoms with Crippen LogP contribution >= 0.6 is 11.6 Å². The molecular formula is C16H13ClN2O2. The summed E-state index contributed by atoms with van der Waals surface area (Å²) in [6.07, 6.45) is 1.38. The van der Waals surface area contributed by atoms with Crippen LogP contribution in [0.4, 0.5) is 0 Å². The number of hydrogen-bond donors (Lipinski definition) is 0. The number of nitrogens with zero attached hydrogens (tertiary/aromatic N) is 2. The number of hydrogen-bond acceptors (Lipinski definition) is 4. The molecule has 1 heterocycles. The fourth-order valence-corrected chi connectivity index (χ4v) is 1.81. The second kappa shape index (κ2) is 7.93. The van der Waals surface area contributed by atoms with Gasteiger partial charge in [-0.05, 0) is 28.9 Å². The van der Waals surface area contributed by atoms with E-state index in [1.54, 1.807) is 12.1 Å². The molecule has 0 spiro atoms. The molecule has 4 nitrogen and oxygen atoms in total. The quantitative estimate of drug-likeness (QED) is 0.858. The Morgan fingerprint density at radius 1 is 1.19 bits per heavy atom. The van der Waals surface area contributed by atoms with Crippen LogP contribution in [0.3, 0.4) is 0 Å². The lowest BCUT2D eigenvalue weighted by Crippen LogP contribution is -2.08. The summed E-state index contributed by atoms with van der Waals surface area (Å²) < 4.78 is 5.59. The van der Waals surface area contributed by atoms with Crippen molar-refractivity contribution in [2.45, 2.75) is 5.92 Å². The molecule has 0 amide bonds. The molecule has 0 aliphatic carbocycles. The highest BCUT2D eigenvalue weighted by molar-refractivity contribution is 6.30. The van der Waals surface area contributed by atoms with Crippen molar-refractivity contribution in [3.63, 3.8) is 0 Å². The molecule has 1 unspecified atom stereocenters. The first-order valence-electron chi connectivity index (χ1n) is 6.30. The summed E-state index contributed by atoms with van der Waals surface area (Å²) in [6.45, 7) is 0.320. The number of ether oxygens (including phenoxy) is 1. The molecule has 1 aliphatic heterocycles.